The molecule has 0 saturated carbocycles. The number of hydrogen-bond donors (Lipinski definition) is 1. The van der Waals surface area contributed by atoms with Crippen LogP contribution in [0.2, 0.25) is 0 Å². The number of methoxy groups -OCH3 is 2. The van der Waals surface area contributed by atoms with Crippen molar-refractivity contribution in [2.24, 2.45) is 0 Å². The van der Waals surface area contributed by atoms with Crippen LogP contribution in [0.4, 0.5) is 5.69 Å². The SMILES string of the molecule is CC[C@@H](C)NC(=O)CN(c1cc(OC)ccc1OC)S(=O)(=O)c1ccc(C)cc1. The molecule has 2 rings (SSSR count). The van der Waals surface area contributed by atoms with E-state index in [1.165, 1.54) is 26.4 Å². The van der Waals surface area contributed by atoms with Gasteiger partial charge in [-0.3, -0.25) is 9.10 Å². The number of rotatable bonds is 9. The first-order chi connectivity index (χ1) is 13.7. The molecule has 0 aromatic heterocycles. The molecule has 0 unspecified atom stereocenters. The molecule has 1 amide bonds. The first-order valence-electron chi connectivity index (χ1n) is 9.33. The van der Waals surface area contributed by atoms with E-state index in [0.717, 1.165) is 16.3 Å². The van der Waals surface area contributed by atoms with Crippen molar-refractivity contribution in [2.75, 3.05) is 25.1 Å². The average molecular weight is 421 g/mol. The minimum absolute atomic E-state index is 0.0707. The highest BCUT2D eigenvalue weighted by molar-refractivity contribution is 7.92. The van der Waals surface area contributed by atoms with E-state index in [-0.39, 0.29) is 23.2 Å². The Balaban J connectivity index is 2.57. The van der Waals surface area contributed by atoms with Crippen molar-refractivity contribution in [3.05, 3.63) is 48.0 Å². The molecular formula is C21H28N2O5S. The van der Waals surface area contributed by atoms with Gasteiger partial charge in [0.05, 0.1) is 24.8 Å². The van der Waals surface area contributed by atoms with Crippen LogP contribution in [0.25, 0.3) is 0 Å². The summed E-state index contributed by atoms with van der Waals surface area (Å²) in [5, 5.41) is 2.81. The lowest BCUT2D eigenvalue weighted by Gasteiger charge is -2.26. The summed E-state index contributed by atoms with van der Waals surface area (Å²) in [5.41, 5.74) is 1.16. The van der Waals surface area contributed by atoms with Gasteiger partial charge in [-0.25, -0.2) is 8.42 Å². The van der Waals surface area contributed by atoms with Gasteiger partial charge in [-0.1, -0.05) is 24.6 Å². The zero-order valence-corrected chi connectivity index (χ0v) is 18.2. The van der Waals surface area contributed by atoms with Crippen LogP contribution in [-0.4, -0.2) is 41.1 Å². The van der Waals surface area contributed by atoms with Gasteiger partial charge in [-0.15, -0.1) is 0 Å². The molecule has 0 bridgehead atoms. The Morgan fingerprint density at radius 2 is 1.76 bits per heavy atom. The van der Waals surface area contributed by atoms with Gasteiger partial charge in [-0.05, 0) is 44.5 Å². The first-order valence-corrected chi connectivity index (χ1v) is 10.8. The summed E-state index contributed by atoms with van der Waals surface area (Å²) in [6.07, 6.45) is 0.735. The highest BCUT2D eigenvalue weighted by Crippen LogP contribution is 2.35. The lowest BCUT2D eigenvalue weighted by molar-refractivity contribution is -0.120. The highest BCUT2D eigenvalue weighted by Gasteiger charge is 2.30. The Bertz CT molecular complexity index is 942. The maximum atomic E-state index is 13.5. The number of hydrogen-bond acceptors (Lipinski definition) is 5. The smallest absolute Gasteiger partial charge is 0.264 e. The summed E-state index contributed by atoms with van der Waals surface area (Å²) in [7, 11) is -1.10. The predicted molar refractivity (Wildman–Crippen MR) is 113 cm³/mol. The van der Waals surface area contributed by atoms with Crippen LogP contribution in [0.15, 0.2) is 47.4 Å². The lowest BCUT2D eigenvalue weighted by atomic mass is 10.2. The number of nitrogens with zero attached hydrogens (tertiary/aromatic N) is 1. The van der Waals surface area contributed by atoms with E-state index in [9.17, 15) is 13.2 Å². The van der Waals surface area contributed by atoms with Crippen LogP contribution >= 0.6 is 0 Å². The highest BCUT2D eigenvalue weighted by atomic mass is 32.2. The summed E-state index contributed by atoms with van der Waals surface area (Å²) in [4.78, 5) is 12.7. The van der Waals surface area contributed by atoms with Crippen LogP contribution in [0.3, 0.4) is 0 Å². The number of nitrogens with one attached hydrogen (secondary N) is 1. The van der Waals surface area contributed by atoms with Crippen molar-refractivity contribution in [2.45, 2.75) is 38.1 Å². The van der Waals surface area contributed by atoms with Crippen molar-refractivity contribution in [1.29, 1.82) is 0 Å². The zero-order valence-electron chi connectivity index (χ0n) is 17.4. The van der Waals surface area contributed by atoms with E-state index in [4.69, 9.17) is 9.47 Å². The molecule has 1 atom stereocenters. The Labute approximate surface area is 172 Å². The average Bonchev–Trinajstić information content (AvgIpc) is 2.71. The molecule has 0 saturated heterocycles. The Kier molecular flexibility index (Phi) is 7.50. The van der Waals surface area contributed by atoms with Gasteiger partial charge in [0.15, 0.2) is 0 Å². The molecule has 7 nitrogen and oxygen atoms in total. The molecule has 158 valence electrons. The number of ether oxygens (including phenoxy) is 2. The lowest BCUT2D eigenvalue weighted by Crippen LogP contribution is -2.43. The van der Waals surface area contributed by atoms with Crippen molar-refractivity contribution in [1.82, 2.24) is 5.32 Å². The van der Waals surface area contributed by atoms with Crippen LogP contribution in [0.1, 0.15) is 25.8 Å². The van der Waals surface area contributed by atoms with E-state index >= 15 is 0 Å². The van der Waals surface area contributed by atoms with E-state index in [1.807, 2.05) is 20.8 Å². The van der Waals surface area contributed by atoms with Gasteiger partial charge < -0.3 is 14.8 Å². The largest absolute Gasteiger partial charge is 0.497 e. The van der Waals surface area contributed by atoms with Gasteiger partial charge in [0.2, 0.25) is 5.91 Å². The number of sulfonamides is 1. The third-order valence-electron chi connectivity index (χ3n) is 4.57. The number of anilines is 1. The maximum Gasteiger partial charge on any atom is 0.264 e. The third kappa shape index (κ3) is 5.41. The standard InChI is InChI=1S/C21H28N2O5S/c1-6-16(3)22-21(24)14-23(19-13-17(27-4)9-12-20(19)28-5)29(25,26)18-10-7-15(2)8-11-18/h7-13,16H,6,14H2,1-5H3,(H,22,24)/t16-/m1/s1. The fraction of sp³-hybridized carbons (Fsp3) is 0.381. The third-order valence-corrected chi connectivity index (χ3v) is 6.34. The van der Waals surface area contributed by atoms with Crippen LogP contribution in [0, 0.1) is 6.92 Å². The molecule has 0 aliphatic carbocycles. The molecule has 29 heavy (non-hydrogen) atoms. The summed E-state index contributed by atoms with van der Waals surface area (Å²) in [5.74, 6) is 0.366. The molecule has 2 aromatic carbocycles. The van der Waals surface area contributed by atoms with Crippen LogP contribution < -0.4 is 19.1 Å². The van der Waals surface area contributed by atoms with Gasteiger partial charge in [0.25, 0.3) is 10.0 Å². The van der Waals surface area contributed by atoms with Crippen LogP contribution in [0.5, 0.6) is 11.5 Å². The Morgan fingerprint density at radius 1 is 1.10 bits per heavy atom. The molecule has 0 spiro atoms. The minimum atomic E-state index is -4.03. The van der Waals surface area contributed by atoms with Crippen molar-refractivity contribution < 1.29 is 22.7 Å². The van der Waals surface area contributed by atoms with Crippen molar-refractivity contribution in [3.8, 4) is 11.5 Å². The monoisotopic (exact) mass is 420 g/mol. The summed E-state index contributed by atoms with van der Waals surface area (Å²) < 4.78 is 38.6. The Morgan fingerprint density at radius 3 is 2.31 bits per heavy atom. The number of amides is 1. The second kappa shape index (κ2) is 9.65. The first kappa shape index (κ1) is 22.5. The fourth-order valence-corrected chi connectivity index (χ4v) is 4.11. The topological polar surface area (TPSA) is 84.9 Å². The molecule has 0 radical (unpaired) electrons. The van der Waals surface area contributed by atoms with E-state index in [2.05, 4.69) is 5.32 Å². The maximum absolute atomic E-state index is 13.5. The van der Waals surface area contributed by atoms with Crippen LogP contribution in [-0.2, 0) is 14.8 Å². The quantitative estimate of drug-likeness (QED) is 0.674. The Hall–Kier alpha value is -2.74. The number of benzene rings is 2. The van der Waals surface area contributed by atoms with Gasteiger partial charge in [0, 0.05) is 12.1 Å². The number of carbonyl (C=O) groups is 1. The van der Waals surface area contributed by atoms with Gasteiger partial charge in [-0.2, -0.15) is 0 Å². The summed E-state index contributed by atoms with van der Waals surface area (Å²) in [6, 6.07) is 11.2. The minimum Gasteiger partial charge on any atom is -0.497 e. The molecule has 0 aliphatic heterocycles. The van der Waals surface area contributed by atoms with E-state index in [1.54, 1.807) is 30.3 Å². The molecule has 1 N–H and O–H groups in total. The second-order valence-corrected chi connectivity index (χ2v) is 8.60. The molecule has 2 aromatic rings. The van der Waals surface area contributed by atoms with Gasteiger partial charge >= 0.3 is 0 Å². The van der Waals surface area contributed by atoms with E-state index < -0.39 is 15.9 Å². The van der Waals surface area contributed by atoms with Crippen molar-refractivity contribution >= 4 is 21.6 Å². The van der Waals surface area contributed by atoms with Gasteiger partial charge in [0.1, 0.15) is 18.0 Å². The number of carbonyl (C=O) groups excluding carboxylic acids is 1. The molecule has 0 fully saturated rings. The normalized spacial score (nSPS) is 12.2. The molecular weight excluding hydrogens is 392 g/mol. The predicted octanol–water partition coefficient (Wildman–Crippen LogP) is 3.12. The molecule has 0 heterocycles. The van der Waals surface area contributed by atoms with Crippen molar-refractivity contribution in [3.63, 3.8) is 0 Å². The zero-order chi connectivity index (χ0) is 21.6. The molecule has 0 aliphatic rings. The van der Waals surface area contributed by atoms with E-state index in [0.29, 0.717) is 11.5 Å². The summed E-state index contributed by atoms with van der Waals surface area (Å²) >= 11 is 0. The molecule has 8 heteroatoms. The number of aryl methyl sites for hydroxylation is 1. The second-order valence-electron chi connectivity index (χ2n) is 6.74. The summed E-state index contributed by atoms with van der Waals surface area (Å²) in [6.45, 7) is 5.29. The fourth-order valence-electron chi connectivity index (χ4n) is 2.68.